The summed E-state index contributed by atoms with van der Waals surface area (Å²) in [6.45, 7) is 6.31. The lowest BCUT2D eigenvalue weighted by Gasteiger charge is -2.39. The number of hydrogen-bond acceptors (Lipinski definition) is 5. The number of piperazine rings is 1. The molecule has 114 valence electrons. The summed E-state index contributed by atoms with van der Waals surface area (Å²) in [5, 5.41) is 3.38. The molecule has 6 nitrogen and oxygen atoms in total. The minimum absolute atomic E-state index is 0.00168. The summed E-state index contributed by atoms with van der Waals surface area (Å²) >= 11 is 0. The molecular formula is C15H23N5O. The van der Waals surface area contributed by atoms with E-state index in [1.807, 2.05) is 4.90 Å². The van der Waals surface area contributed by atoms with Gasteiger partial charge in [-0.2, -0.15) is 0 Å². The molecule has 21 heavy (non-hydrogen) atoms. The van der Waals surface area contributed by atoms with E-state index < -0.39 is 0 Å². The van der Waals surface area contributed by atoms with Crippen molar-refractivity contribution >= 4 is 11.7 Å². The molecule has 3 rings (SSSR count). The minimum atomic E-state index is 0.00168. The van der Waals surface area contributed by atoms with Gasteiger partial charge < -0.3 is 15.1 Å². The van der Waals surface area contributed by atoms with Crippen LogP contribution in [0.2, 0.25) is 0 Å². The van der Waals surface area contributed by atoms with Crippen molar-refractivity contribution in [3.63, 3.8) is 0 Å². The van der Waals surface area contributed by atoms with E-state index in [1.165, 1.54) is 6.42 Å². The van der Waals surface area contributed by atoms with Gasteiger partial charge in [0, 0.05) is 38.6 Å². The van der Waals surface area contributed by atoms with Gasteiger partial charge in [0.25, 0.3) is 0 Å². The largest absolute Gasteiger partial charge is 0.352 e. The average molecular weight is 289 g/mol. The van der Waals surface area contributed by atoms with E-state index in [2.05, 4.69) is 27.1 Å². The molecule has 1 aromatic rings. The van der Waals surface area contributed by atoms with Gasteiger partial charge in [-0.25, -0.2) is 4.98 Å². The maximum atomic E-state index is 12.6. The van der Waals surface area contributed by atoms with Crippen LogP contribution in [0.5, 0.6) is 0 Å². The second kappa shape index (κ2) is 6.39. The molecule has 2 aliphatic rings. The molecule has 0 aromatic carbocycles. The Morgan fingerprint density at radius 2 is 2.10 bits per heavy atom. The molecule has 0 radical (unpaired) electrons. The number of anilines is 1. The zero-order valence-corrected chi connectivity index (χ0v) is 12.5. The normalized spacial score (nSPS) is 26.7. The van der Waals surface area contributed by atoms with Gasteiger partial charge in [-0.05, 0) is 25.3 Å². The molecule has 2 fully saturated rings. The number of nitrogens with zero attached hydrogens (tertiary/aromatic N) is 4. The van der Waals surface area contributed by atoms with Crippen molar-refractivity contribution in [1.82, 2.24) is 20.2 Å². The highest BCUT2D eigenvalue weighted by atomic mass is 16.2. The summed E-state index contributed by atoms with van der Waals surface area (Å²) in [5.74, 6) is 1.60. The summed E-state index contributed by atoms with van der Waals surface area (Å²) in [5.41, 5.74) is 0. The number of rotatable bonds is 2. The third-order valence-electron chi connectivity index (χ3n) is 4.50. The lowest BCUT2D eigenvalue weighted by atomic mass is 9.91. The van der Waals surface area contributed by atoms with Crippen molar-refractivity contribution in [2.75, 3.05) is 37.6 Å². The van der Waals surface area contributed by atoms with E-state index in [9.17, 15) is 4.79 Å². The van der Waals surface area contributed by atoms with Crippen molar-refractivity contribution < 1.29 is 4.79 Å². The van der Waals surface area contributed by atoms with E-state index in [4.69, 9.17) is 0 Å². The Balaban J connectivity index is 1.57. The number of hydrogen-bond donors (Lipinski definition) is 1. The average Bonchev–Trinajstić information content (AvgIpc) is 2.56. The Bertz CT molecular complexity index is 472. The molecule has 0 saturated carbocycles. The van der Waals surface area contributed by atoms with Crippen LogP contribution >= 0.6 is 0 Å². The number of piperidine rings is 1. The van der Waals surface area contributed by atoms with Crippen molar-refractivity contribution in [1.29, 1.82) is 0 Å². The summed E-state index contributed by atoms with van der Waals surface area (Å²) in [4.78, 5) is 25.2. The van der Waals surface area contributed by atoms with Gasteiger partial charge in [-0.1, -0.05) is 6.92 Å². The van der Waals surface area contributed by atoms with Crippen LogP contribution in [0.4, 0.5) is 5.82 Å². The van der Waals surface area contributed by atoms with Crippen LogP contribution in [0.3, 0.4) is 0 Å². The lowest BCUT2D eigenvalue weighted by molar-refractivity contribution is -0.135. The summed E-state index contributed by atoms with van der Waals surface area (Å²) in [6.07, 6.45) is 7.48. The first-order chi connectivity index (χ1) is 10.3. The van der Waals surface area contributed by atoms with Crippen molar-refractivity contribution in [3.8, 4) is 0 Å². The highest BCUT2D eigenvalue weighted by Gasteiger charge is 2.32. The molecule has 1 aromatic heterocycles. The Kier molecular flexibility index (Phi) is 4.34. The van der Waals surface area contributed by atoms with Gasteiger partial charge in [-0.15, -0.1) is 0 Å². The number of amides is 1. The smallest absolute Gasteiger partial charge is 0.240 e. The van der Waals surface area contributed by atoms with Crippen LogP contribution in [-0.4, -0.2) is 59.5 Å². The van der Waals surface area contributed by atoms with Crippen LogP contribution in [0.1, 0.15) is 19.8 Å². The van der Waals surface area contributed by atoms with Crippen molar-refractivity contribution in [2.45, 2.75) is 25.8 Å². The van der Waals surface area contributed by atoms with Crippen molar-refractivity contribution in [2.24, 2.45) is 5.92 Å². The highest BCUT2D eigenvalue weighted by Crippen LogP contribution is 2.19. The van der Waals surface area contributed by atoms with Crippen LogP contribution in [0, 0.1) is 5.92 Å². The number of carbonyl (C=O) groups excluding carboxylic acids is 1. The predicted octanol–water partition coefficient (Wildman–Crippen LogP) is 0.513. The molecule has 0 spiro atoms. The first-order valence-corrected chi connectivity index (χ1v) is 7.79. The molecule has 2 saturated heterocycles. The van der Waals surface area contributed by atoms with E-state index >= 15 is 0 Å². The molecular weight excluding hydrogens is 266 g/mol. The first-order valence-electron chi connectivity index (χ1n) is 7.79. The topological polar surface area (TPSA) is 61.4 Å². The molecule has 2 unspecified atom stereocenters. The third kappa shape index (κ3) is 3.15. The molecule has 2 aliphatic heterocycles. The fourth-order valence-corrected chi connectivity index (χ4v) is 3.19. The molecule has 1 N–H and O–H groups in total. The molecule has 0 bridgehead atoms. The van der Waals surface area contributed by atoms with Gasteiger partial charge in [0.15, 0.2) is 0 Å². The zero-order valence-electron chi connectivity index (χ0n) is 12.5. The van der Waals surface area contributed by atoms with E-state index in [-0.39, 0.29) is 11.9 Å². The standard InChI is InChI=1S/C15H23N5O/c1-12-3-2-4-18-14(12)15(21)20-9-7-19(8-10-20)13-11-16-5-6-17-13/h5-6,11-12,14,18H,2-4,7-10H2,1H3. The van der Waals surface area contributed by atoms with Crippen LogP contribution in [0.25, 0.3) is 0 Å². The summed E-state index contributed by atoms with van der Waals surface area (Å²) in [6, 6.07) is 0.00168. The lowest BCUT2D eigenvalue weighted by Crippen LogP contribution is -2.57. The SMILES string of the molecule is CC1CCCNC1C(=O)N1CCN(c2cnccn2)CC1. The van der Waals surface area contributed by atoms with Gasteiger partial charge in [0.05, 0.1) is 12.2 Å². The Morgan fingerprint density at radius 1 is 1.29 bits per heavy atom. The van der Waals surface area contributed by atoms with Gasteiger partial charge in [0.2, 0.25) is 5.91 Å². The molecule has 6 heteroatoms. The maximum Gasteiger partial charge on any atom is 0.240 e. The van der Waals surface area contributed by atoms with Gasteiger partial charge in [-0.3, -0.25) is 9.78 Å². The van der Waals surface area contributed by atoms with Gasteiger partial charge >= 0.3 is 0 Å². The molecule has 2 atom stereocenters. The summed E-state index contributed by atoms with van der Waals surface area (Å²) in [7, 11) is 0. The first kappa shape index (κ1) is 14.3. The minimum Gasteiger partial charge on any atom is -0.352 e. The number of nitrogens with one attached hydrogen (secondary N) is 1. The monoisotopic (exact) mass is 289 g/mol. The fraction of sp³-hybridized carbons (Fsp3) is 0.667. The van der Waals surface area contributed by atoms with Crippen LogP contribution in [-0.2, 0) is 4.79 Å². The quantitative estimate of drug-likeness (QED) is 0.860. The Morgan fingerprint density at radius 3 is 2.76 bits per heavy atom. The third-order valence-corrected chi connectivity index (χ3v) is 4.50. The second-order valence-corrected chi connectivity index (χ2v) is 5.93. The molecule has 1 amide bonds. The predicted molar refractivity (Wildman–Crippen MR) is 81.0 cm³/mol. The summed E-state index contributed by atoms with van der Waals surface area (Å²) < 4.78 is 0. The number of aromatic nitrogens is 2. The number of carbonyl (C=O) groups is 1. The molecule has 3 heterocycles. The van der Waals surface area contributed by atoms with Gasteiger partial charge in [0.1, 0.15) is 5.82 Å². The zero-order chi connectivity index (χ0) is 14.7. The highest BCUT2D eigenvalue weighted by molar-refractivity contribution is 5.82. The van der Waals surface area contributed by atoms with E-state index in [1.54, 1.807) is 18.6 Å². The Hall–Kier alpha value is -1.69. The maximum absolute atomic E-state index is 12.6. The van der Waals surface area contributed by atoms with Crippen LogP contribution < -0.4 is 10.2 Å². The van der Waals surface area contributed by atoms with E-state index in [0.717, 1.165) is 45.0 Å². The van der Waals surface area contributed by atoms with Crippen molar-refractivity contribution in [3.05, 3.63) is 18.6 Å². The molecule has 0 aliphatic carbocycles. The Labute approximate surface area is 125 Å². The van der Waals surface area contributed by atoms with E-state index in [0.29, 0.717) is 5.92 Å². The second-order valence-electron chi connectivity index (χ2n) is 5.93. The fourth-order valence-electron chi connectivity index (χ4n) is 3.19. The van der Waals surface area contributed by atoms with Crippen LogP contribution in [0.15, 0.2) is 18.6 Å².